The van der Waals surface area contributed by atoms with Crippen molar-refractivity contribution in [2.45, 2.75) is 19.4 Å². The van der Waals surface area contributed by atoms with E-state index in [-0.39, 0.29) is 5.82 Å². The summed E-state index contributed by atoms with van der Waals surface area (Å²) in [6.45, 7) is 3.11. The topological polar surface area (TPSA) is 29.0 Å². The van der Waals surface area contributed by atoms with Gasteiger partial charge < -0.3 is 4.90 Å². The van der Waals surface area contributed by atoms with Gasteiger partial charge in [0.1, 0.15) is 0 Å². The van der Waals surface area contributed by atoms with E-state index in [1.807, 2.05) is 11.8 Å². The maximum Gasteiger partial charge on any atom is 0.225 e. The second kappa shape index (κ2) is 4.79. The van der Waals surface area contributed by atoms with Crippen LogP contribution in [0.15, 0.2) is 12.4 Å². The minimum Gasteiger partial charge on any atom is -0.337 e. The predicted molar refractivity (Wildman–Crippen MR) is 60.7 cm³/mol. The molecule has 0 saturated carbocycles. The van der Waals surface area contributed by atoms with Crippen LogP contribution in [-0.4, -0.2) is 34.1 Å². The van der Waals surface area contributed by atoms with Crippen LogP contribution in [0, 0.1) is 5.82 Å². The lowest BCUT2D eigenvalue weighted by Crippen LogP contribution is -2.35. The second-order valence-electron chi connectivity index (χ2n) is 3.64. The van der Waals surface area contributed by atoms with E-state index in [1.165, 1.54) is 18.1 Å². The summed E-state index contributed by atoms with van der Waals surface area (Å²) in [4.78, 5) is 10.2. The van der Waals surface area contributed by atoms with E-state index < -0.39 is 0 Å². The van der Waals surface area contributed by atoms with Crippen molar-refractivity contribution < 1.29 is 4.39 Å². The summed E-state index contributed by atoms with van der Waals surface area (Å²) in [6.07, 6.45) is 3.59. The normalized spacial score (nSPS) is 22.5. The van der Waals surface area contributed by atoms with Gasteiger partial charge in [-0.15, -0.1) is 0 Å². The van der Waals surface area contributed by atoms with E-state index in [2.05, 4.69) is 21.8 Å². The first kappa shape index (κ1) is 10.7. The zero-order valence-electron chi connectivity index (χ0n) is 8.69. The van der Waals surface area contributed by atoms with Crippen LogP contribution in [0.3, 0.4) is 0 Å². The van der Waals surface area contributed by atoms with Gasteiger partial charge in [-0.05, 0) is 19.1 Å². The number of nitrogens with zero attached hydrogens (tertiary/aromatic N) is 3. The molecule has 1 atom stereocenters. The Balaban J connectivity index is 2.16. The lowest BCUT2D eigenvalue weighted by molar-refractivity contribution is 0.598. The molecule has 1 aliphatic heterocycles. The third kappa shape index (κ3) is 2.59. The molecular formula is C10H14FN3S. The summed E-state index contributed by atoms with van der Waals surface area (Å²) >= 11 is 1.95. The quantitative estimate of drug-likeness (QED) is 0.733. The molecule has 1 unspecified atom stereocenters. The highest BCUT2D eigenvalue weighted by molar-refractivity contribution is 7.99. The third-order valence-electron chi connectivity index (χ3n) is 2.55. The molecule has 1 saturated heterocycles. The molecular weight excluding hydrogens is 213 g/mol. The number of hydrogen-bond acceptors (Lipinski definition) is 4. The maximum atomic E-state index is 12.7. The van der Waals surface area contributed by atoms with Crippen LogP contribution in [0.5, 0.6) is 0 Å². The molecule has 0 radical (unpaired) electrons. The van der Waals surface area contributed by atoms with Gasteiger partial charge in [-0.1, -0.05) is 0 Å². The summed E-state index contributed by atoms with van der Waals surface area (Å²) in [5, 5.41) is 0. The van der Waals surface area contributed by atoms with Gasteiger partial charge >= 0.3 is 0 Å². The molecule has 0 aliphatic carbocycles. The first-order valence-electron chi connectivity index (χ1n) is 5.09. The monoisotopic (exact) mass is 227 g/mol. The highest BCUT2D eigenvalue weighted by atomic mass is 32.2. The zero-order chi connectivity index (χ0) is 10.7. The summed E-state index contributed by atoms with van der Waals surface area (Å²) in [6, 6.07) is 0.436. The fourth-order valence-electron chi connectivity index (χ4n) is 1.65. The van der Waals surface area contributed by atoms with Gasteiger partial charge in [-0.3, -0.25) is 0 Å². The predicted octanol–water partition coefficient (Wildman–Crippen LogP) is 1.95. The highest BCUT2D eigenvalue weighted by Gasteiger charge is 2.19. The fourth-order valence-corrected chi connectivity index (χ4v) is 2.68. The molecule has 1 aromatic rings. The Labute approximate surface area is 93.1 Å². The van der Waals surface area contributed by atoms with Crippen LogP contribution < -0.4 is 4.90 Å². The third-order valence-corrected chi connectivity index (χ3v) is 3.55. The lowest BCUT2D eigenvalue weighted by Gasteiger charge is -2.26. The number of anilines is 1. The molecule has 3 nitrogen and oxygen atoms in total. The molecule has 1 aromatic heterocycles. The zero-order valence-corrected chi connectivity index (χ0v) is 9.50. The van der Waals surface area contributed by atoms with Crippen LogP contribution in [-0.2, 0) is 0 Å². The van der Waals surface area contributed by atoms with E-state index in [0.29, 0.717) is 12.0 Å². The summed E-state index contributed by atoms with van der Waals surface area (Å²) in [5.74, 6) is 2.53. The number of thioether (sulfide) groups is 1. The molecule has 2 heterocycles. The van der Waals surface area contributed by atoms with Crippen LogP contribution >= 0.6 is 11.8 Å². The lowest BCUT2D eigenvalue weighted by atomic mass is 10.2. The van der Waals surface area contributed by atoms with Crippen LogP contribution in [0.1, 0.15) is 13.3 Å². The van der Waals surface area contributed by atoms with Gasteiger partial charge in [0.05, 0.1) is 12.4 Å². The average Bonchev–Trinajstić information content (AvgIpc) is 2.44. The number of aromatic nitrogens is 2. The molecule has 15 heavy (non-hydrogen) atoms. The number of hydrogen-bond donors (Lipinski definition) is 0. The van der Waals surface area contributed by atoms with Crippen molar-refractivity contribution in [1.29, 1.82) is 0 Å². The Bertz CT molecular complexity index is 317. The van der Waals surface area contributed by atoms with Gasteiger partial charge in [0.25, 0.3) is 0 Å². The van der Waals surface area contributed by atoms with Crippen molar-refractivity contribution in [2.24, 2.45) is 0 Å². The standard InChI is InChI=1S/C10H14FN3S/c1-8-2-4-15-5-3-14(8)10-12-6-9(11)7-13-10/h6-8H,2-5H2,1H3. The smallest absolute Gasteiger partial charge is 0.225 e. The largest absolute Gasteiger partial charge is 0.337 e. The van der Waals surface area contributed by atoms with Crippen LogP contribution in [0.4, 0.5) is 10.3 Å². The molecule has 0 bridgehead atoms. The Morgan fingerprint density at radius 2 is 2.13 bits per heavy atom. The number of rotatable bonds is 1. The highest BCUT2D eigenvalue weighted by Crippen LogP contribution is 2.19. The first-order chi connectivity index (χ1) is 7.27. The molecule has 1 aliphatic rings. The fraction of sp³-hybridized carbons (Fsp3) is 0.600. The maximum absolute atomic E-state index is 12.7. The van der Waals surface area contributed by atoms with E-state index in [4.69, 9.17) is 0 Å². The van der Waals surface area contributed by atoms with Crippen molar-refractivity contribution in [3.8, 4) is 0 Å². The summed E-state index contributed by atoms with van der Waals surface area (Å²) in [5.41, 5.74) is 0. The summed E-state index contributed by atoms with van der Waals surface area (Å²) < 4.78 is 12.7. The molecule has 82 valence electrons. The van der Waals surface area contributed by atoms with Crippen molar-refractivity contribution in [2.75, 3.05) is 23.0 Å². The molecule has 2 rings (SSSR count). The Hall–Kier alpha value is -0.840. The minimum atomic E-state index is -0.379. The van der Waals surface area contributed by atoms with Gasteiger partial charge in [0.2, 0.25) is 5.95 Å². The van der Waals surface area contributed by atoms with E-state index >= 15 is 0 Å². The second-order valence-corrected chi connectivity index (χ2v) is 4.87. The molecule has 0 amide bonds. The Morgan fingerprint density at radius 3 is 2.87 bits per heavy atom. The van der Waals surface area contributed by atoms with E-state index in [0.717, 1.165) is 18.7 Å². The van der Waals surface area contributed by atoms with Crippen molar-refractivity contribution in [3.63, 3.8) is 0 Å². The Morgan fingerprint density at radius 1 is 1.40 bits per heavy atom. The van der Waals surface area contributed by atoms with Crippen molar-refractivity contribution in [1.82, 2.24) is 9.97 Å². The minimum absolute atomic E-state index is 0.379. The molecule has 5 heteroatoms. The van der Waals surface area contributed by atoms with Gasteiger partial charge in [0, 0.05) is 18.3 Å². The molecule has 1 fully saturated rings. The van der Waals surface area contributed by atoms with Gasteiger partial charge in [-0.2, -0.15) is 11.8 Å². The number of halogens is 1. The van der Waals surface area contributed by atoms with Gasteiger partial charge in [0.15, 0.2) is 5.82 Å². The van der Waals surface area contributed by atoms with Crippen LogP contribution in [0.2, 0.25) is 0 Å². The van der Waals surface area contributed by atoms with Crippen molar-refractivity contribution >= 4 is 17.7 Å². The molecule has 0 spiro atoms. The first-order valence-corrected chi connectivity index (χ1v) is 6.25. The Kier molecular flexibility index (Phi) is 3.41. The molecule has 0 N–H and O–H groups in total. The van der Waals surface area contributed by atoms with Crippen LogP contribution in [0.25, 0.3) is 0 Å². The van der Waals surface area contributed by atoms with Crippen molar-refractivity contribution in [3.05, 3.63) is 18.2 Å². The summed E-state index contributed by atoms with van der Waals surface area (Å²) in [7, 11) is 0. The average molecular weight is 227 g/mol. The van der Waals surface area contributed by atoms with E-state index in [9.17, 15) is 4.39 Å². The molecule has 0 aromatic carbocycles. The van der Waals surface area contributed by atoms with E-state index in [1.54, 1.807) is 0 Å². The van der Waals surface area contributed by atoms with Gasteiger partial charge in [-0.25, -0.2) is 14.4 Å². The SMILES string of the molecule is CC1CCSCCN1c1ncc(F)cn1.